The lowest BCUT2D eigenvalue weighted by Crippen LogP contribution is -2.28. The molecule has 11 aromatic carbocycles. The maximum Gasteiger partial charge on any atom is 0.233 e. The second-order valence-corrected chi connectivity index (χ2v) is 33.2. The van der Waals surface area contributed by atoms with Crippen LogP contribution >= 0.6 is 0 Å². The second kappa shape index (κ2) is 54.6. The predicted molar refractivity (Wildman–Crippen MR) is 590 cm³/mol. The number of anilines is 30. The van der Waals surface area contributed by atoms with Crippen LogP contribution in [0.4, 0.5) is 175 Å². The van der Waals surface area contributed by atoms with Gasteiger partial charge in [-0.25, -0.2) is 0 Å². The normalized spacial score (nSPS) is 11.5. The van der Waals surface area contributed by atoms with Crippen LogP contribution in [0.1, 0.15) is 65.5 Å². The van der Waals surface area contributed by atoms with Crippen molar-refractivity contribution in [2.45, 2.75) is 76.9 Å². The SMILES string of the molecule is CN.NCNc1nc(NCCc2ccc(N)cc2)nc(Nc2cccc(N)c2)n1.Nc1ccc(CCNc2nc(NCC3CC3)nc(Nc3cccc(N)c3)n2)cc1.Nc1ccc(CCNc2nc(NCc3ccccc3)nc(Nc3cccc(N)c3)n2)cc1.Nc1ccc(CCNc2nc(Nc3cccc(N)c3)nc(NC3CCC3)n2)cc1.Nc1ccc(CNc2nc(NCO)nc(Nc3cccc(N)c3)n2)cc1. The zero-order chi connectivity index (χ0) is 102. The van der Waals surface area contributed by atoms with E-state index in [1.807, 2.05) is 255 Å². The number of nitrogens with one attached hydrogen (secondary N) is 15. The largest absolute Gasteiger partial charge is 0.399 e. The van der Waals surface area contributed by atoms with Crippen LogP contribution in [-0.4, -0.2) is 139 Å². The first-order chi connectivity index (χ1) is 70.6. The summed E-state index contributed by atoms with van der Waals surface area (Å²) in [5.41, 5.74) is 85.8. The van der Waals surface area contributed by atoms with Gasteiger partial charge in [0.15, 0.2) is 0 Å². The summed E-state index contributed by atoms with van der Waals surface area (Å²) < 4.78 is 0. The number of nitrogens with two attached hydrogens (primary N) is 12. The Morgan fingerprint density at radius 1 is 0.241 bits per heavy atom. The Morgan fingerprint density at radius 2 is 0.490 bits per heavy atom. The minimum absolute atomic E-state index is 0.215. The molecule has 145 heavy (non-hydrogen) atoms. The number of rotatable bonds is 41. The molecule has 2 fully saturated rings. The van der Waals surface area contributed by atoms with Gasteiger partial charge >= 0.3 is 0 Å². The van der Waals surface area contributed by atoms with Crippen molar-refractivity contribution < 1.29 is 5.11 Å². The number of aliphatic hydroxyl groups is 1. The molecule has 5 heterocycles. The molecule has 18 rings (SSSR count). The lowest BCUT2D eigenvalue weighted by molar-refractivity contribution is 0.324. The van der Waals surface area contributed by atoms with E-state index in [-0.39, 0.29) is 19.3 Å². The zero-order valence-corrected chi connectivity index (χ0v) is 80.4. The third-order valence-corrected chi connectivity index (χ3v) is 21.5. The maximum absolute atomic E-state index is 9.08. The fraction of sp³-hybridized carbons (Fsp3) is 0.206. The Morgan fingerprint density at radius 3 is 0.759 bits per heavy atom. The van der Waals surface area contributed by atoms with Gasteiger partial charge in [0.2, 0.25) is 89.2 Å². The van der Waals surface area contributed by atoms with Crippen LogP contribution in [0, 0.1) is 5.92 Å². The highest BCUT2D eigenvalue weighted by atomic mass is 16.3. The van der Waals surface area contributed by atoms with Crippen molar-refractivity contribution in [2.24, 2.45) is 17.4 Å². The zero-order valence-electron chi connectivity index (χ0n) is 80.4. The average Bonchev–Trinajstić information content (AvgIpc) is 1.84. The minimum Gasteiger partial charge on any atom is -0.399 e. The average molecular weight is 1960 g/mol. The summed E-state index contributed by atoms with van der Waals surface area (Å²) in [5, 5.41) is 56.6. The number of nitrogens with zero attached hydrogens (tertiary/aromatic N) is 15. The first-order valence-electron chi connectivity index (χ1n) is 47.2. The molecule has 750 valence electrons. The van der Waals surface area contributed by atoms with E-state index in [0.717, 1.165) is 113 Å². The summed E-state index contributed by atoms with van der Waals surface area (Å²) in [5.74, 6) is 7.40. The summed E-state index contributed by atoms with van der Waals surface area (Å²) in [7, 11) is 1.50. The van der Waals surface area contributed by atoms with Gasteiger partial charge in [-0.05, 0) is 256 Å². The molecular formula is C102H126N42O. The molecule has 2 saturated carbocycles. The molecule has 5 aromatic heterocycles. The molecule has 0 spiro atoms. The minimum atomic E-state index is -0.293. The van der Waals surface area contributed by atoms with E-state index in [2.05, 4.69) is 160 Å². The lowest BCUT2D eigenvalue weighted by Gasteiger charge is -2.26. The van der Waals surface area contributed by atoms with Gasteiger partial charge in [0.05, 0.1) is 6.67 Å². The quantitative estimate of drug-likeness (QED) is 0.0125. The molecule has 0 aliphatic heterocycles. The standard InChI is InChI=1S/C24H26N8.2C21H26N8.C18H23N9.C17H20N8O.CH5N/c25-19-11-9-17(10-12-19)13-14-27-22-30-23(28-16-18-5-2-1-3-6-18)32-24(31-22)29-21-8-4-7-20(26)15-21;22-15-9-7-14(8-10-15)11-12-24-19-27-20(25-17-4-2-5-17)29-21(28-19)26-18-6-1-3-16(23)13-18;22-16-8-6-14(7-9-16)10-11-24-19-27-20(25-13-15-4-5-15)29-21(28-19)26-18-3-1-2-17(23)12-18;19-11-23-17-25-16(22-9-8-12-4-6-13(20)7-5-12)26-18(27-17)24-15-3-1-2-14(21)10-15;18-12-6-4-11(5-7-12)9-20-15-23-16(21-10-26)25-17(24-15)22-14-3-1-2-13(19)8-14;1-2/h1-12,15H,13-14,16,25-26H2,(H3,27,28,29,30,31,32);1,3,6-10,13,17H,2,4-5,11-12,22-23H2,(H3,24,25,26,27,28,29);1-3,6-9,12,15H,4-5,10-11,13,22-23H2,(H3,24,25,26,27,28,29);1-7,10H,8-9,11,19-21H2,(H3,22,23,24,25,26,27);1-8,26H,9-10,18-19H2,(H3,20,21,22,23,24,25);2H2,1H3. The van der Waals surface area contributed by atoms with Crippen molar-refractivity contribution in [3.05, 3.63) is 306 Å². The van der Waals surface area contributed by atoms with Gasteiger partial charge in [0.25, 0.3) is 0 Å². The van der Waals surface area contributed by atoms with Crippen molar-refractivity contribution in [1.82, 2.24) is 74.8 Å². The summed E-state index contributed by atoms with van der Waals surface area (Å²) in [4.78, 5) is 66.4. The van der Waals surface area contributed by atoms with Crippen molar-refractivity contribution in [3.63, 3.8) is 0 Å². The van der Waals surface area contributed by atoms with Crippen LogP contribution in [0.5, 0.6) is 0 Å². The number of hydrogen-bond acceptors (Lipinski definition) is 43. The van der Waals surface area contributed by atoms with E-state index in [1.54, 1.807) is 18.2 Å². The van der Waals surface area contributed by atoms with Gasteiger partial charge in [0, 0.05) is 137 Å². The Bertz CT molecular complexity index is 6660. The van der Waals surface area contributed by atoms with Gasteiger partial charge in [-0.3, -0.25) is 0 Å². The molecule has 16 aromatic rings. The maximum atomic E-state index is 9.08. The van der Waals surface area contributed by atoms with E-state index in [9.17, 15) is 0 Å². The molecule has 43 nitrogen and oxygen atoms in total. The summed E-state index contributed by atoms with van der Waals surface area (Å²) in [6.07, 6.45) is 9.36. The van der Waals surface area contributed by atoms with Gasteiger partial charge in [-0.2, -0.15) is 74.8 Å². The smallest absolute Gasteiger partial charge is 0.233 e. The molecular weight excluding hydrogens is 1830 g/mol. The van der Waals surface area contributed by atoms with Crippen LogP contribution in [0.25, 0.3) is 0 Å². The number of aliphatic hydroxyl groups excluding tert-OH is 1. The molecule has 43 heteroatoms. The number of benzene rings is 11. The first kappa shape index (κ1) is 104. The lowest BCUT2D eigenvalue weighted by atomic mass is 9.93. The Hall–Kier alpha value is -18.7. The summed E-state index contributed by atoms with van der Waals surface area (Å²) >= 11 is 0. The molecule has 2 aliphatic rings. The topological polar surface area (TPSA) is 706 Å². The molecule has 0 saturated heterocycles. The van der Waals surface area contributed by atoms with Crippen molar-refractivity contribution in [1.29, 1.82) is 0 Å². The fourth-order valence-electron chi connectivity index (χ4n) is 13.7. The first-order valence-corrected chi connectivity index (χ1v) is 47.2. The van der Waals surface area contributed by atoms with Gasteiger partial charge < -0.3 is 154 Å². The highest BCUT2D eigenvalue weighted by Crippen LogP contribution is 2.31. The van der Waals surface area contributed by atoms with Gasteiger partial charge in [-0.15, -0.1) is 0 Å². The van der Waals surface area contributed by atoms with Crippen LogP contribution in [0.3, 0.4) is 0 Å². The van der Waals surface area contributed by atoms with E-state index in [1.165, 1.54) is 48.6 Å². The van der Waals surface area contributed by atoms with Crippen LogP contribution < -0.4 is 149 Å². The molecule has 0 atom stereocenters. The Kier molecular flexibility index (Phi) is 39.1. The third kappa shape index (κ3) is 36.9. The Balaban J connectivity index is 0.000000151. The van der Waals surface area contributed by atoms with E-state index in [0.29, 0.717) is 163 Å². The van der Waals surface area contributed by atoms with E-state index >= 15 is 0 Å². The number of nitrogen functional groups attached to an aromatic ring is 10. The number of hydrogen-bond donors (Lipinski definition) is 28. The third-order valence-electron chi connectivity index (χ3n) is 21.5. The predicted octanol–water partition coefficient (Wildman–Crippen LogP) is 13.8. The highest BCUT2D eigenvalue weighted by Gasteiger charge is 2.23. The highest BCUT2D eigenvalue weighted by molar-refractivity contribution is 5.67. The van der Waals surface area contributed by atoms with Crippen molar-refractivity contribution in [3.8, 4) is 0 Å². The van der Waals surface area contributed by atoms with Crippen molar-refractivity contribution in [2.75, 3.05) is 190 Å². The van der Waals surface area contributed by atoms with E-state index in [4.69, 9.17) is 68.2 Å². The molecule has 0 bridgehead atoms. The van der Waals surface area contributed by atoms with Crippen LogP contribution in [0.2, 0.25) is 0 Å². The van der Waals surface area contributed by atoms with Crippen molar-refractivity contribution >= 4 is 175 Å². The second-order valence-electron chi connectivity index (χ2n) is 33.2. The fourth-order valence-corrected chi connectivity index (χ4v) is 13.7. The molecule has 0 amide bonds. The van der Waals surface area contributed by atoms with Crippen LogP contribution in [0.15, 0.2) is 273 Å². The number of aromatic nitrogens is 15. The summed E-state index contributed by atoms with van der Waals surface area (Å²) in [6.45, 7) is 4.66. The van der Waals surface area contributed by atoms with Crippen LogP contribution in [-0.2, 0) is 38.8 Å². The monoisotopic (exact) mass is 1960 g/mol. The van der Waals surface area contributed by atoms with E-state index < -0.39 is 0 Å². The Labute approximate surface area is 840 Å². The van der Waals surface area contributed by atoms with Gasteiger partial charge in [0.1, 0.15) is 6.73 Å². The molecule has 2 aliphatic carbocycles. The summed E-state index contributed by atoms with van der Waals surface area (Å²) in [6, 6.07) is 86.4. The van der Waals surface area contributed by atoms with Gasteiger partial charge in [-0.1, -0.05) is 121 Å². The molecule has 0 unspecified atom stereocenters. The molecule has 40 N–H and O–H groups in total. The molecule has 0 radical (unpaired) electrons.